The van der Waals surface area contributed by atoms with E-state index in [0.29, 0.717) is 18.5 Å². The summed E-state index contributed by atoms with van der Waals surface area (Å²) in [7, 11) is 3.82. The Morgan fingerprint density at radius 1 is 1.10 bits per heavy atom. The van der Waals surface area contributed by atoms with Crippen LogP contribution >= 0.6 is 0 Å². The molecule has 1 aromatic rings. The summed E-state index contributed by atoms with van der Waals surface area (Å²) in [4.78, 5) is 52.4. The van der Waals surface area contributed by atoms with Gasteiger partial charge in [0.1, 0.15) is 6.04 Å². The SMILES string of the molecule is C[C@@H](C(=O)OCC(=O)Nc1ccc(N(C)C)cc1)N1C(=O)[C@@H]2CC=CC[C@H]2C1=O. The molecule has 0 radical (unpaired) electrons. The normalized spacial score (nSPS) is 21.6. The smallest absolute Gasteiger partial charge is 0.329 e. The van der Waals surface area contributed by atoms with E-state index < -0.39 is 36.4 Å². The Kier molecular flexibility index (Phi) is 6.00. The highest BCUT2D eigenvalue weighted by Gasteiger charge is 2.50. The van der Waals surface area contributed by atoms with Gasteiger partial charge < -0.3 is 15.0 Å². The molecule has 1 aliphatic heterocycles. The second-order valence-electron chi connectivity index (χ2n) is 7.48. The molecule has 1 aromatic carbocycles. The van der Waals surface area contributed by atoms with Gasteiger partial charge in [0.25, 0.3) is 5.91 Å². The fraction of sp³-hybridized carbons (Fsp3) is 0.429. The molecular weight excluding hydrogens is 374 g/mol. The summed E-state index contributed by atoms with van der Waals surface area (Å²) >= 11 is 0. The van der Waals surface area contributed by atoms with Gasteiger partial charge in [-0.2, -0.15) is 0 Å². The number of allylic oxidation sites excluding steroid dienone is 2. The van der Waals surface area contributed by atoms with Gasteiger partial charge in [-0.05, 0) is 44.0 Å². The summed E-state index contributed by atoms with van der Waals surface area (Å²) < 4.78 is 5.04. The first-order valence-electron chi connectivity index (χ1n) is 9.55. The fourth-order valence-electron chi connectivity index (χ4n) is 3.61. The maximum atomic E-state index is 12.5. The minimum absolute atomic E-state index is 0.348. The van der Waals surface area contributed by atoms with Crippen LogP contribution in [0.25, 0.3) is 0 Å². The van der Waals surface area contributed by atoms with Crippen LogP contribution in [-0.2, 0) is 23.9 Å². The number of nitrogens with zero attached hydrogens (tertiary/aromatic N) is 2. The first-order valence-corrected chi connectivity index (χ1v) is 9.55. The monoisotopic (exact) mass is 399 g/mol. The third kappa shape index (κ3) is 4.31. The molecule has 3 rings (SSSR count). The number of rotatable bonds is 6. The summed E-state index contributed by atoms with van der Waals surface area (Å²) in [5.41, 5.74) is 1.56. The second kappa shape index (κ2) is 8.46. The number of benzene rings is 1. The first-order chi connectivity index (χ1) is 13.8. The van der Waals surface area contributed by atoms with E-state index in [1.165, 1.54) is 6.92 Å². The number of carbonyl (C=O) groups excluding carboxylic acids is 4. The van der Waals surface area contributed by atoms with Crippen molar-refractivity contribution in [2.75, 3.05) is 30.9 Å². The number of imide groups is 1. The lowest BCUT2D eigenvalue weighted by Crippen LogP contribution is -2.45. The quantitative estimate of drug-likeness (QED) is 0.443. The zero-order valence-electron chi connectivity index (χ0n) is 16.8. The van der Waals surface area contributed by atoms with Crippen molar-refractivity contribution in [3.8, 4) is 0 Å². The molecule has 0 aromatic heterocycles. The molecule has 154 valence electrons. The molecule has 0 spiro atoms. The van der Waals surface area contributed by atoms with Gasteiger partial charge in [-0.25, -0.2) is 4.79 Å². The van der Waals surface area contributed by atoms with E-state index >= 15 is 0 Å². The van der Waals surface area contributed by atoms with Gasteiger partial charge in [0.15, 0.2) is 6.61 Å². The Morgan fingerprint density at radius 3 is 2.17 bits per heavy atom. The van der Waals surface area contributed by atoms with Gasteiger partial charge in [0, 0.05) is 25.5 Å². The Hall–Kier alpha value is -3.16. The predicted molar refractivity (Wildman–Crippen MR) is 107 cm³/mol. The molecule has 3 amide bonds. The Balaban J connectivity index is 1.53. The van der Waals surface area contributed by atoms with E-state index in [2.05, 4.69) is 5.32 Å². The van der Waals surface area contributed by atoms with Gasteiger partial charge in [-0.3, -0.25) is 19.3 Å². The van der Waals surface area contributed by atoms with Crippen LogP contribution in [0.3, 0.4) is 0 Å². The lowest BCUT2D eigenvalue weighted by Gasteiger charge is -2.21. The molecule has 1 saturated heterocycles. The summed E-state index contributed by atoms with van der Waals surface area (Å²) in [5.74, 6) is -2.79. The number of fused-ring (bicyclic) bond motifs is 1. The maximum absolute atomic E-state index is 12.5. The highest BCUT2D eigenvalue weighted by molar-refractivity contribution is 6.08. The van der Waals surface area contributed by atoms with Gasteiger partial charge in [-0.1, -0.05) is 12.2 Å². The molecule has 1 fully saturated rings. The van der Waals surface area contributed by atoms with Gasteiger partial charge in [0.2, 0.25) is 11.8 Å². The molecule has 1 heterocycles. The van der Waals surface area contributed by atoms with Crippen LogP contribution in [0.15, 0.2) is 36.4 Å². The van der Waals surface area contributed by atoms with Crippen molar-refractivity contribution in [1.29, 1.82) is 0 Å². The molecular formula is C21H25N3O5. The molecule has 1 N–H and O–H groups in total. The average Bonchev–Trinajstić information content (AvgIpc) is 2.96. The van der Waals surface area contributed by atoms with Crippen LogP contribution < -0.4 is 10.2 Å². The standard InChI is InChI=1S/C21H25N3O5/c1-13(24-19(26)16-6-4-5-7-17(16)20(24)27)21(28)29-12-18(25)22-14-8-10-15(11-9-14)23(2)3/h4-5,8-11,13,16-17H,6-7,12H2,1-3H3,(H,22,25)/t13-,16+,17+/m0/s1. The number of nitrogens with one attached hydrogen (secondary N) is 1. The van der Waals surface area contributed by atoms with Crippen LogP contribution in [0.2, 0.25) is 0 Å². The van der Waals surface area contributed by atoms with Gasteiger partial charge in [0.05, 0.1) is 11.8 Å². The maximum Gasteiger partial charge on any atom is 0.329 e. The summed E-state index contributed by atoms with van der Waals surface area (Å²) in [6, 6.07) is 6.13. The Morgan fingerprint density at radius 2 is 1.66 bits per heavy atom. The number of ether oxygens (including phenoxy) is 1. The molecule has 2 aliphatic rings. The van der Waals surface area contributed by atoms with Crippen LogP contribution in [0.5, 0.6) is 0 Å². The summed E-state index contributed by atoms with van der Waals surface area (Å²) in [5, 5.41) is 2.64. The van der Waals surface area contributed by atoms with Crippen LogP contribution in [0, 0.1) is 11.8 Å². The first kappa shape index (κ1) is 20.6. The van der Waals surface area contributed by atoms with Crippen LogP contribution in [-0.4, -0.2) is 55.3 Å². The largest absolute Gasteiger partial charge is 0.454 e. The van der Waals surface area contributed by atoms with E-state index in [1.54, 1.807) is 12.1 Å². The van der Waals surface area contributed by atoms with Crippen molar-refractivity contribution in [3.05, 3.63) is 36.4 Å². The molecule has 0 saturated carbocycles. The van der Waals surface area contributed by atoms with Gasteiger partial charge in [-0.15, -0.1) is 0 Å². The number of anilines is 2. The number of carbonyl (C=O) groups is 4. The van der Waals surface area contributed by atoms with Crippen molar-refractivity contribution in [3.63, 3.8) is 0 Å². The molecule has 1 aliphatic carbocycles. The van der Waals surface area contributed by atoms with Crippen molar-refractivity contribution in [2.24, 2.45) is 11.8 Å². The zero-order chi connectivity index (χ0) is 21.1. The summed E-state index contributed by atoms with van der Waals surface area (Å²) in [6.07, 6.45) is 4.77. The Bertz CT molecular complexity index is 820. The minimum Gasteiger partial charge on any atom is -0.454 e. The second-order valence-corrected chi connectivity index (χ2v) is 7.48. The zero-order valence-corrected chi connectivity index (χ0v) is 16.8. The van der Waals surface area contributed by atoms with Crippen LogP contribution in [0.1, 0.15) is 19.8 Å². The van der Waals surface area contributed by atoms with Crippen molar-refractivity contribution >= 4 is 35.1 Å². The van der Waals surface area contributed by atoms with Crippen molar-refractivity contribution in [2.45, 2.75) is 25.8 Å². The molecule has 29 heavy (non-hydrogen) atoms. The number of hydrogen-bond donors (Lipinski definition) is 1. The van der Waals surface area contributed by atoms with Crippen molar-refractivity contribution < 1.29 is 23.9 Å². The topological polar surface area (TPSA) is 96.0 Å². The number of amides is 3. The van der Waals surface area contributed by atoms with E-state index in [1.807, 2.05) is 43.3 Å². The molecule has 8 nitrogen and oxygen atoms in total. The molecule has 0 bridgehead atoms. The fourth-order valence-corrected chi connectivity index (χ4v) is 3.61. The van der Waals surface area contributed by atoms with E-state index in [9.17, 15) is 19.2 Å². The lowest BCUT2D eigenvalue weighted by molar-refractivity contribution is -0.159. The number of hydrogen-bond acceptors (Lipinski definition) is 6. The third-order valence-corrected chi connectivity index (χ3v) is 5.28. The summed E-state index contributed by atoms with van der Waals surface area (Å²) in [6.45, 7) is 0.948. The van der Waals surface area contributed by atoms with Gasteiger partial charge >= 0.3 is 5.97 Å². The Labute approximate surface area is 169 Å². The van der Waals surface area contributed by atoms with E-state index in [-0.39, 0.29) is 11.8 Å². The molecule has 8 heteroatoms. The third-order valence-electron chi connectivity index (χ3n) is 5.28. The van der Waals surface area contributed by atoms with E-state index in [4.69, 9.17) is 4.74 Å². The average molecular weight is 399 g/mol. The van der Waals surface area contributed by atoms with Crippen LogP contribution in [0.4, 0.5) is 11.4 Å². The number of esters is 1. The number of likely N-dealkylation sites (tertiary alicyclic amines) is 1. The molecule has 3 atom stereocenters. The minimum atomic E-state index is -1.06. The highest BCUT2D eigenvalue weighted by Crippen LogP contribution is 2.36. The molecule has 0 unspecified atom stereocenters. The van der Waals surface area contributed by atoms with E-state index in [0.717, 1.165) is 10.6 Å². The lowest BCUT2D eigenvalue weighted by atomic mass is 9.85. The predicted octanol–water partition coefficient (Wildman–Crippen LogP) is 1.57. The highest BCUT2D eigenvalue weighted by atomic mass is 16.5. The van der Waals surface area contributed by atoms with Crippen molar-refractivity contribution in [1.82, 2.24) is 4.90 Å².